The number of aromatic nitrogens is 3. The highest BCUT2D eigenvalue weighted by molar-refractivity contribution is 6.31. The predicted octanol–water partition coefficient (Wildman–Crippen LogP) is 3.77. The maximum Gasteiger partial charge on any atom is 0.273 e. The average Bonchev–Trinajstić information content (AvgIpc) is 3.09. The van der Waals surface area contributed by atoms with Gasteiger partial charge in [-0.2, -0.15) is 5.10 Å². The van der Waals surface area contributed by atoms with Gasteiger partial charge in [0.2, 0.25) is 0 Å². The molecular formula is C15H19ClN4O. The smallest absolute Gasteiger partial charge is 0.273 e. The van der Waals surface area contributed by atoms with Crippen molar-refractivity contribution in [2.24, 2.45) is 5.92 Å². The average molecular weight is 307 g/mol. The molecule has 2 aromatic heterocycles. The fraction of sp³-hybridized carbons (Fsp3) is 0.467. The van der Waals surface area contributed by atoms with Crippen molar-refractivity contribution in [3.63, 3.8) is 0 Å². The molecule has 0 radical (unpaired) electrons. The van der Waals surface area contributed by atoms with Crippen LogP contribution in [0.2, 0.25) is 5.02 Å². The molecule has 0 aliphatic heterocycles. The van der Waals surface area contributed by atoms with E-state index in [2.05, 4.69) is 20.5 Å². The first-order chi connectivity index (χ1) is 10.2. The number of rotatable bonds is 4. The highest BCUT2D eigenvalue weighted by atomic mass is 35.5. The highest BCUT2D eigenvalue weighted by Gasteiger charge is 2.16. The Hall–Kier alpha value is -1.75. The van der Waals surface area contributed by atoms with E-state index >= 15 is 0 Å². The molecule has 0 saturated heterocycles. The maximum atomic E-state index is 12.0. The lowest BCUT2D eigenvalue weighted by Crippen LogP contribution is -2.12. The summed E-state index contributed by atoms with van der Waals surface area (Å²) in [7, 11) is 0. The van der Waals surface area contributed by atoms with E-state index in [9.17, 15) is 4.79 Å². The number of carbonyl (C=O) groups excluding carboxylic acids is 1. The minimum Gasteiger partial charge on any atom is -0.356 e. The molecule has 3 N–H and O–H groups in total. The first-order valence-electron chi connectivity index (χ1n) is 7.40. The van der Waals surface area contributed by atoms with Gasteiger partial charge in [-0.05, 0) is 18.4 Å². The molecule has 2 heterocycles. The molecular weight excluding hydrogens is 288 g/mol. The van der Waals surface area contributed by atoms with Crippen molar-refractivity contribution < 1.29 is 4.79 Å². The van der Waals surface area contributed by atoms with E-state index < -0.39 is 0 Å². The van der Waals surface area contributed by atoms with Crippen molar-refractivity contribution in [3.8, 4) is 0 Å². The molecule has 0 aromatic carbocycles. The quantitative estimate of drug-likeness (QED) is 0.804. The van der Waals surface area contributed by atoms with Crippen molar-refractivity contribution in [1.29, 1.82) is 0 Å². The molecule has 1 saturated carbocycles. The third-order valence-corrected chi connectivity index (χ3v) is 4.22. The zero-order valence-corrected chi connectivity index (χ0v) is 12.5. The van der Waals surface area contributed by atoms with E-state index in [-0.39, 0.29) is 5.91 Å². The number of amides is 1. The van der Waals surface area contributed by atoms with Gasteiger partial charge < -0.3 is 10.3 Å². The maximum absolute atomic E-state index is 12.0. The van der Waals surface area contributed by atoms with Crippen LogP contribution >= 0.6 is 11.6 Å². The first-order valence-corrected chi connectivity index (χ1v) is 7.78. The summed E-state index contributed by atoms with van der Waals surface area (Å²) >= 11 is 5.79. The Bertz CT molecular complexity index is 613. The Kier molecular flexibility index (Phi) is 4.29. The Morgan fingerprint density at radius 1 is 1.33 bits per heavy atom. The molecule has 0 spiro atoms. The van der Waals surface area contributed by atoms with Gasteiger partial charge in [-0.3, -0.25) is 9.89 Å². The molecule has 6 heteroatoms. The van der Waals surface area contributed by atoms with Gasteiger partial charge in [0.25, 0.3) is 5.91 Å². The normalized spacial score (nSPS) is 16.0. The van der Waals surface area contributed by atoms with E-state index in [4.69, 9.17) is 11.6 Å². The van der Waals surface area contributed by atoms with Crippen LogP contribution in [0.5, 0.6) is 0 Å². The number of nitrogens with one attached hydrogen (secondary N) is 3. The van der Waals surface area contributed by atoms with Gasteiger partial charge in [0.15, 0.2) is 5.82 Å². The molecule has 0 unspecified atom stereocenters. The predicted molar refractivity (Wildman–Crippen MR) is 82.6 cm³/mol. The molecule has 112 valence electrons. The Morgan fingerprint density at radius 2 is 2.14 bits per heavy atom. The van der Waals surface area contributed by atoms with E-state index in [1.54, 1.807) is 12.3 Å². The summed E-state index contributed by atoms with van der Waals surface area (Å²) in [6, 6.07) is 3.50. The second-order valence-corrected chi connectivity index (χ2v) is 6.11. The summed E-state index contributed by atoms with van der Waals surface area (Å²) < 4.78 is 0. The minimum absolute atomic E-state index is 0.238. The number of hydrogen-bond acceptors (Lipinski definition) is 2. The molecule has 0 atom stereocenters. The van der Waals surface area contributed by atoms with Gasteiger partial charge in [-0.25, -0.2) is 0 Å². The van der Waals surface area contributed by atoms with Gasteiger partial charge in [0, 0.05) is 18.0 Å². The monoisotopic (exact) mass is 306 g/mol. The second-order valence-electron chi connectivity index (χ2n) is 5.67. The number of nitrogens with zero attached hydrogens (tertiary/aromatic N) is 1. The fourth-order valence-corrected chi connectivity index (χ4v) is 3.08. The largest absolute Gasteiger partial charge is 0.356 e. The van der Waals surface area contributed by atoms with Crippen LogP contribution in [0, 0.1) is 5.92 Å². The molecule has 1 fully saturated rings. The first kappa shape index (κ1) is 14.2. The van der Waals surface area contributed by atoms with Crippen molar-refractivity contribution in [2.75, 3.05) is 5.32 Å². The molecule has 5 nitrogen and oxygen atoms in total. The third kappa shape index (κ3) is 3.67. The number of aromatic amines is 2. The molecule has 1 aliphatic rings. The number of anilines is 1. The number of halogens is 1. The van der Waals surface area contributed by atoms with Crippen LogP contribution in [-0.2, 0) is 6.42 Å². The van der Waals surface area contributed by atoms with Gasteiger partial charge in [0.05, 0.1) is 5.02 Å². The SMILES string of the molecule is O=C(Nc1cc(CC2CCCCC2)[nH]n1)c1cc(Cl)c[nH]1. The highest BCUT2D eigenvalue weighted by Crippen LogP contribution is 2.26. The van der Waals surface area contributed by atoms with Crippen molar-refractivity contribution in [2.45, 2.75) is 38.5 Å². The van der Waals surface area contributed by atoms with Gasteiger partial charge in [-0.15, -0.1) is 0 Å². The van der Waals surface area contributed by atoms with E-state index in [1.807, 2.05) is 6.07 Å². The van der Waals surface area contributed by atoms with E-state index in [0.29, 0.717) is 16.5 Å². The van der Waals surface area contributed by atoms with Crippen LogP contribution in [0.15, 0.2) is 18.3 Å². The Balaban J connectivity index is 1.58. The van der Waals surface area contributed by atoms with Crippen molar-refractivity contribution >= 4 is 23.3 Å². The molecule has 2 aromatic rings. The Labute approximate surface area is 128 Å². The summed E-state index contributed by atoms with van der Waals surface area (Å²) in [5.41, 5.74) is 1.51. The summed E-state index contributed by atoms with van der Waals surface area (Å²) in [5.74, 6) is 1.05. The number of carbonyl (C=O) groups is 1. The molecule has 21 heavy (non-hydrogen) atoms. The molecule has 0 bridgehead atoms. The van der Waals surface area contributed by atoms with Crippen LogP contribution in [0.4, 0.5) is 5.82 Å². The summed E-state index contributed by atoms with van der Waals surface area (Å²) in [4.78, 5) is 14.8. The van der Waals surface area contributed by atoms with Crippen molar-refractivity contribution in [3.05, 3.63) is 34.7 Å². The molecule has 1 aliphatic carbocycles. The van der Waals surface area contributed by atoms with Crippen LogP contribution in [0.25, 0.3) is 0 Å². The van der Waals surface area contributed by atoms with E-state index in [0.717, 1.165) is 18.0 Å². The van der Waals surface area contributed by atoms with Crippen LogP contribution in [0.3, 0.4) is 0 Å². The van der Waals surface area contributed by atoms with Crippen molar-refractivity contribution in [1.82, 2.24) is 15.2 Å². The summed E-state index contributed by atoms with van der Waals surface area (Å²) in [5, 5.41) is 10.4. The molecule has 1 amide bonds. The van der Waals surface area contributed by atoms with Gasteiger partial charge in [-0.1, -0.05) is 43.7 Å². The second kappa shape index (κ2) is 6.35. The summed E-state index contributed by atoms with van der Waals surface area (Å²) in [6.07, 6.45) is 9.20. The third-order valence-electron chi connectivity index (χ3n) is 4.00. The van der Waals surface area contributed by atoms with Gasteiger partial charge in [0.1, 0.15) is 5.69 Å². The standard InChI is InChI=1S/C15H19ClN4O/c16-11-7-13(17-9-11)15(21)18-14-8-12(19-20-14)6-10-4-2-1-3-5-10/h7-10,17H,1-6H2,(H2,18,19,20,21). The molecule has 3 rings (SSSR count). The van der Waals surface area contributed by atoms with Crippen LogP contribution in [-0.4, -0.2) is 21.1 Å². The lowest BCUT2D eigenvalue weighted by Gasteiger charge is -2.20. The van der Waals surface area contributed by atoms with Crippen LogP contribution in [0.1, 0.15) is 48.3 Å². The minimum atomic E-state index is -0.238. The fourth-order valence-electron chi connectivity index (χ4n) is 2.92. The summed E-state index contributed by atoms with van der Waals surface area (Å²) in [6.45, 7) is 0. The lowest BCUT2D eigenvalue weighted by molar-refractivity contribution is 0.102. The zero-order valence-electron chi connectivity index (χ0n) is 11.8. The number of hydrogen-bond donors (Lipinski definition) is 3. The Morgan fingerprint density at radius 3 is 2.86 bits per heavy atom. The lowest BCUT2D eigenvalue weighted by atomic mass is 9.86. The topological polar surface area (TPSA) is 73.6 Å². The van der Waals surface area contributed by atoms with E-state index in [1.165, 1.54) is 32.1 Å². The zero-order chi connectivity index (χ0) is 14.7. The number of H-pyrrole nitrogens is 2. The van der Waals surface area contributed by atoms with Gasteiger partial charge >= 0.3 is 0 Å². The van der Waals surface area contributed by atoms with Crippen LogP contribution < -0.4 is 5.32 Å².